The largest absolute Gasteiger partial charge is 0.492 e. The van der Waals surface area contributed by atoms with Gasteiger partial charge in [-0.15, -0.1) is 11.3 Å². The molecule has 0 atom stereocenters. The van der Waals surface area contributed by atoms with Gasteiger partial charge in [0.25, 0.3) is 5.91 Å². The van der Waals surface area contributed by atoms with Crippen LogP contribution in [0.5, 0.6) is 5.75 Å². The Balaban J connectivity index is 1.70. The van der Waals surface area contributed by atoms with E-state index >= 15 is 0 Å². The van der Waals surface area contributed by atoms with Gasteiger partial charge in [-0.1, -0.05) is 15.9 Å². The molecule has 0 aliphatic carbocycles. The van der Waals surface area contributed by atoms with Crippen molar-refractivity contribution in [3.63, 3.8) is 0 Å². The first-order chi connectivity index (χ1) is 11.5. The molecule has 0 aliphatic heterocycles. The molecular weight excluding hydrogens is 392 g/mol. The van der Waals surface area contributed by atoms with Gasteiger partial charge in [-0.3, -0.25) is 9.59 Å². The zero-order chi connectivity index (χ0) is 17.5. The first-order valence-electron chi connectivity index (χ1n) is 7.42. The summed E-state index contributed by atoms with van der Waals surface area (Å²) in [6.07, 6.45) is 0. The van der Waals surface area contributed by atoms with Crippen molar-refractivity contribution in [1.29, 1.82) is 0 Å². The quantitative estimate of drug-likeness (QED) is 0.762. The van der Waals surface area contributed by atoms with E-state index in [2.05, 4.69) is 21.2 Å². The lowest BCUT2D eigenvalue weighted by atomic mass is 10.3. The summed E-state index contributed by atoms with van der Waals surface area (Å²) in [4.78, 5) is 27.2. The molecule has 0 aliphatic rings. The van der Waals surface area contributed by atoms with E-state index in [1.54, 1.807) is 18.0 Å². The van der Waals surface area contributed by atoms with Gasteiger partial charge in [-0.2, -0.15) is 0 Å². The number of benzene rings is 1. The van der Waals surface area contributed by atoms with Crippen LogP contribution in [0.25, 0.3) is 0 Å². The van der Waals surface area contributed by atoms with Crippen molar-refractivity contribution in [2.75, 3.05) is 26.7 Å². The summed E-state index contributed by atoms with van der Waals surface area (Å²) in [5.41, 5.74) is 0. The molecule has 2 amide bonds. The summed E-state index contributed by atoms with van der Waals surface area (Å²) < 4.78 is 6.56. The average Bonchev–Trinajstić information content (AvgIpc) is 3.00. The molecule has 0 saturated carbocycles. The Morgan fingerprint density at radius 1 is 1.21 bits per heavy atom. The van der Waals surface area contributed by atoms with Crippen molar-refractivity contribution in [3.05, 3.63) is 50.6 Å². The summed E-state index contributed by atoms with van der Waals surface area (Å²) >= 11 is 4.77. The van der Waals surface area contributed by atoms with Gasteiger partial charge in [0, 0.05) is 16.4 Å². The summed E-state index contributed by atoms with van der Waals surface area (Å²) in [7, 11) is 1.69. The third-order valence-electron chi connectivity index (χ3n) is 3.30. The third-order valence-corrected chi connectivity index (χ3v) is 4.83. The fraction of sp³-hybridized carbons (Fsp3) is 0.294. The number of carbonyl (C=O) groups excluding carboxylic acids is 2. The number of thiophene rings is 1. The fourth-order valence-corrected chi connectivity index (χ4v) is 2.94. The van der Waals surface area contributed by atoms with Crippen LogP contribution in [0.1, 0.15) is 14.5 Å². The van der Waals surface area contributed by atoms with Crippen molar-refractivity contribution in [3.8, 4) is 5.75 Å². The second-order valence-electron chi connectivity index (χ2n) is 5.21. The molecule has 7 heteroatoms. The van der Waals surface area contributed by atoms with Gasteiger partial charge in [0.1, 0.15) is 12.4 Å². The van der Waals surface area contributed by atoms with Crippen LogP contribution in [-0.4, -0.2) is 43.5 Å². The first-order valence-corrected chi connectivity index (χ1v) is 9.03. The molecule has 0 spiro atoms. The van der Waals surface area contributed by atoms with E-state index in [1.807, 2.05) is 37.3 Å². The highest BCUT2D eigenvalue weighted by atomic mass is 79.9. The normalized spacial score (nSPS) is 10.3. The average molecular weight is 411 g/mol. The van der Waals surface area contributed by atoms with Crippen molar-refractivity contribution in [2.45, 2.75) is 6.92 Å². The number of aryl methyl sites for hydroxylation is 1. The predicted octanol–water partition coefficient (Wildman–Crippen LogP) is 3.09. The van der Waals surface area contributed by atoms with Gasteiger partial charge in [-0.25, -0.2) is 0 Å². The fourth-order valence-electron chi connectivity index (χ4n) is 1.89. The van der Waals surface area contributed by atoms with Crippen LogP contribution < -0.4 is 10.1 Å². The Morgan fingerprint density at radius 3 is 2.54 bits per heavy atom. The minimum Gasteiger partial charge on any atom is -0.492 e. The monoisotopic (exact) mass is 410 g/mol. The maximum atomic E-state index is 12.0. The zero-order valence-electron chi connectivity index (χ0n) is 13.5. The maximum absolute atomic E-state index is 12.0. The molecule has 1 heterocycles. The SMILES string of the molecule is Cc1ccc(C(=O)NCC(=O)N(C)CCOc2ccc(Br)cc2)s1. The standard InChI is InChI=1S/C17H19BrN2O3S/c1-12-3-8-15(24-12)17(22)19-11-16(21)20(2)9-10-23-14-6-4-13(18)5-7-14/h3-8H,9-11H2,1-2H3,(H,19,22). The molecule has 5 nitrogen and oxygen atoms in total. The van der Waals surface area contributed by atoms with Crippen LogP contribution in [0.15, 0.2) is 40.9 Å². The van der Waals surface area contributed by atoms with Crippen LogP contribution in [0.4, 0.5) is 0 Å². The Labute approximate surface area is 153 Å². The number of ether oxygens (including phenoxy) is 1. The summed E-state index contributed by atoms with van der Waals surface area (Å²) in [5, 5.41) is 2.64. The molecule has 128 valence electrons. The van der Waals surface area contributed by atoms with E-state index in [4.69, 9.17) is 4.74 Å². The highest BCUT2D eigenvalue weighted by Crippen LogP contribution is 2.16. The number of nitrogens with one attached hydrogen (secondary N) is 1. The number of nitrogens with zero attached hydrogens (tertiary/aromatic N) is 1. The van der Waals surface area contributed by atoms with E-state index in [0.717, 1.165) is 15.1 Å². The summed E-state index contributed by atoms with van der Waals surface area (Å²) in [6.45, 7) is 2.75. The maximum Gasteiger partial charge on any atom is 0.261 e. The van der Waals surface area contributed by atoms with Crippen molar-refractivity contribution >= 4 is 39.1 Å². The molecule has 0 saturated heterocycles. The van der Waals surface area contributed by atoms with Gasteiger partial charge in [0.05, 0.1) is 18.0 Å². The Kier molecular flexibility index (Phi) is 6.81. The Hall–Kier alpha value is -1.86. The number of amides is 2. The number of hydrogen-bond donors (Lipinski definition) is 1. The molecule has 1 N–H and O–H groups in total. The lowest BCUT2D eigenvalue weighted by molar-refractivity contribution is -0.129. The van der Waals surface area contributed by atoms with Gasteiger partial charge < -0.3 is 15.0 Å². The highest BCUT2D eigenvalue weighted by Gasteiger charge is 2.12. The molecule has 0 fully saturated rings. The number of likely N-dealkylation sites (N-methyl/N-ethyl adjacent to an activating group) is 1. The molecule has 1 aromatic carbocycles. The minimum atomic E-state index is -0.221. The zero-order valence-corrected chi connectivity index (χ0v) is 15.9. The number of carbonyl (C=O) groups is 2. The molecule has 0 radical (unpaired) electrons. The lowest BCUT2D eigenvalue weighted by Crippen LogP contribution is -2.39. The molecule has 0 unspecified atom stereocenters. The second kappa shape index (κ2) is 8.84. The predicted molar refractivity (Wildman–Crippen MR) is 98.7 cm³/mol. The van der Waals surface area contributed by atoms with Gasteiger partial charge in [0.15, 0.2) is 0 Å². The first kappa shape index (κ1) is 18.5. The molecule has 0 bridgehead atoms. The lowest BCUT2D eigenvalue weighted by Gasteiger charge is -2.17. The third kappa shape index (κ3) is 5.65. The van der Waals surface area contributed by atoms with Crippen LogP contribution in [0.3, 0.4) is 0 Å². The summed E-state index contributed by atoms with van der Waals surface area (Å²) in [5.74, 6) is 0.373. The van der Waals surface area contributed by atoms with E-state index in [0.29, 0.717) is 18.0 Å². The van der Waals surface area contributed by atoms with Crippen LogP contribution in [0.2, 0.25) is 0 Å². The van der Waals surface area contributed by atoms with Crippen LogP contribution in [-0.2, 0) is 4.79 Å². The van der Waals surface area contributed by atoms with Gasteiger partial charge in [-0.05, 0) is 43.3 Å². The molecular formula is C17H19BrN2O3S. The molecule has 2 aromatic rings. The van der Waals surface area contributed by atoms with E-state index in [1.165, 1.54) is 11.3 Å². The van der Waals surface area contributed by atoms with E-state index < -0.39 is 0 Å². The minimum absolute atomic E-state index is 0.0232. The Morgan fingerprint density at radius 2 is 1.92 bits per heavy atom. The molecule has 24 heavy (non-hydrogen) atoms. The molecule has 1 aromatic heterocycles. The van der Waals surface area contributed by atoms with Crippen molar-refractivity contribution < 1.29 is 14.3 Å². The topological polar surface area (TPSA) is 58.6 Å². The van der Waals surface area contributed by atoms with Crippen molar-refractivity contribution in [1.82, 2.24) is 10.2 Å². The van der Waals surface area contributed by atoms with Gasteiger partial charge in [0.2, 0.25) is 5.91 Å². The molecule has 2 rings (SSSR count). The van der Waals surface area contributed by atoms with E-state index in [9.17, 15) is 9.59 Å². The van der Waals surface area contributed by atoms with Crippen LogP contribution in [0, 0.1) is 6.92 Å². The van der Waals surface area contributed by atoms with Crippen molar-refractivity contribution in [2.24, 2.45) is 0 Å². The Bertz CT molecular complexity index is 700. The smallest absolute Gasteiger partial charge is 0.261 e. The second-order valence-corrected chi connectivity index (χ2v) is 7.41. The van der Waals surface area contributed by atoms with Gasteiger partial charge >= 0.3 is 0 Å². The number of rotatable bonds is 7. The van der Waals surface area contributed by atoms with E-state index in [-0.39, 0.29) is 18.4 Å². The highest BCUT2D eigenvalue weighted by molar-refractivity contribution is 9.10. The number of hydrogen-bond acceptors (Lipinski definition) is 4. The van der Waals surface area contributed by atoms with Crippen LogP contribution >= 0.6 is 27.3 Å². The summed E-state index contributed by atoms with van der Waals surface area (Å²) in [6, 6.07) is 11.1. The number of halogens is 1.